The van der Waals surface area contributed by atoms with Crippen molar-refractivity contribution in [2.24, 2.45) is 0 Å². The predicted octanol–water partition coefficient (Wildman–Crippen LogP) is 3.88. The van der Waals surface area contributed by atoms with E-state index in [0.717, 1.165) is 18.0 Å². The first-order chi connectivity index (χ1) is 9.78. The molecule has 106 valence electrons. The van der Waals surface area contributed by atoms with Gasteiger partial charge in [-0.15, -0.1) is 0 Å². The molecule has 1 aromatic heterocycles. The van der Waals surface area contributed by atoms with Gasteiger partial charge in [-0.2, -0.15) is 0 Å². The molecule has 20 heavy (non-hydrogen) atoms. The lowest BCUT2D eigenvalue weighted by Gasteiger charge is -2.13. The second kappa shape index (κ2) is 5.75. The molecular formula is C15H18ClN3O. The Bertz CT molecular complexity index is 593. The van der Waals surface area contributed by atoms with E-state index in [4.69, 9.17) is 16.3 Å². The maximum atomic E-state index is 6.06. The quantitative estimate of drug-likeness (QED) is 0.878. The number of nitrogens with one attached hydrogen (secondary N) is 1. The van der Waals surface area contributed by atoms with Crippen LogP contribution in [0.2, 0.25) is 5.02 Å². The highest BCUT2D eigenvalue weighted by atomic mass is 35.5. The Hall–Kier alpha value is -1.68. The number of anilines is 1. The van der Waals surface area contributed by atoms with E-state index in [9.17, 15) is 0 Å². The summed E-state index contributed by atoms with van der Waals surface area (Å²) in [6.45, 7) is 3.33. The minimum atomic E-state index is 0.635. The number of imidazole rings is 1. The van der Waals surface area contributed by atoms with Gasteiger partial charge in [0.1, 0.15) is 5.75 Å². The fraction of sp³-hybridized carbons (Fsp3) is 0.400. The van der Waals surface area contributed by atoms with Gasteiger partial charge in [-0.05, 0) is 38.0 Å². The Morgan fingerprint density at radius 3 is 3.05 bits per heavy atom. The van der Waals surface area contributed by atoms with Crippen molar-refractivity contribution in [3.05, 3.63) is 41.4 Å². The summed E-state index contributed by atoms with van der Waals surface area (Å²) in [5.41, 5.74) is 2.11. The molecule has 1 aromatic carbocycles. The van der Waals surface area contributed by atoms with E-state index in [2.05, 4.69) is 14.9 Å². The van der Waals surface area contributed by atoms with Crippen LogP contribution in [0.1, 0.15) is 31.5 Å². The first kappa shape index (κ1) is 13.3. The fourth-order valence-electron chi connectivity index (χ4n) is 2.26. The first-order valence-electron chi connectivity index (χ1n) is 6.95. The van der Waals surface area contributed by atoms with Crippen LogP contribution in [-0.4, -0.2) is 16.2 Å². The van der Waals surface area contributed by atoms with Gasteiger partial charge in [-0.25, -0.2) is 4.98 Å². The highest BCUT2D eigenvalue weighted by Crippen LogP contribution is 2.36. The van der Waals surface area contributed by atoms with Crippen molar-refractivity contribution < 1.29 is 4.74 Å². The zero-order valence-corrected chi connectivity index (χ0v) is 12.2. The highest BCUT2D eigenvalue weighted by Gasteiger charge is 2.25. The lowest BCUT2D eigenvalue weighted by Crippen LogP contribution is -2.07. The highest BCUT2D eigenvalue weighted by molar-refractivity contribution is 6.30. The Balaban J connectivity index is 1.73. The molecule has 0 saturated heterocycles. The van der Waals surface area contributed by atoms with Crippen molar-refractivity contribution in [3.8, 4) is 5.75 Å². The zero-order valence-electron chi connectivity index (χ0n) is 11.5. The third-order valence-electron chi connectivity index (χ3n) is 3.39. The van der Waals surface area contributed by atoms with E-state index in [1.807, 2.05) is 37.6 Å². The SMILES string of the molecule is CCOc1ccc(Cl)cc1NCc1cncn1C1CC1. The molecule has 1 aliphatic rings. The number of ether oxygens (including phenoxy) is 1. The van der Waals surface area contributed by atoms with E-state index in [0.29, 0.717) is 17.7 Å². The van der Waals surface area contributed by atoms with Crippen LogP contribution in [-0.2, 0) is 6.54 Å². The molecule has 0 atom stereocenters. The predicted molar refractivity (Wildman–Crippen MR) is 80.4 cm³/mol. The van der Waals surface area contributed by atoms with Crippen LogP contribution >= 0.6 is 11.6 Å². The van der Waals surface area contributed by atoms with Crippen LogP contribution in [0.25, 0.3) is 0 Å². The summed E-state index contributed by atoms with van der Waals surface area (Å²) in [6, 6.07) is 6.27. The van der Waals surface area contributed by atoms with Crippen molar-refractivity contribution in [1.29, 1.82) is 0 Å². The Morgan fingerprint density at radius 1 is 1.45 bits per heavy atom. The lowest BCUT2D eigenvalue weighted by molar-refractivity contribution is 0.341. The maximum Gasteiger partial charge on any atom is 0.142 e. The molecule has 3 rings (SSSR count). The van der Waals surface area contributed by atoms with E-state index < -0.39 is 0 Å². The van der Waals surface area contributed by atoms with Crippen LogP contribution in [0.15, 0.2) is 30.7 Å². The van der Waals surface area contributed by atoms with Crippen molar-refractivity contribution in [2.75, 3.05) is 11.9 Å². The van der Waals surface area contributed by atoms with Gasteiger partial charge >= 0.3 is 0 Å². The molecule has 1 saturated carbocycles. The molecule has 0 bridgehead atoms. The van der Waals surface area contributed by atoms with Gasteiger partial charge in [0.2, 0.25) is 0 Å². The first-order valence-corrected chi connectivity index (χ1v) is 7.32. The second-order valence-corrected chi connectivity index (χ2v) is 5.39. The minimum Gasteiger partial charge on any atom is -0.492 e. The number of hydrogen-bond donors (Lipinski definition) is 1. The minimum absolute atomic E-state index is 0.635. The maximum absolute atomic E-state index is 6.06. The summed E-state index contributed by atoms with van der Waals surface area (Å²) < 4.78 is 7.86. The number of hydrogen-bond acceptors (Lipinski definition) is 3. The van der Waals surface area contributed by atoms with Gasteiger partial charge in [-0.3, -0.25) is 0 Å². The van der Waals surface area contributed by atoms with Gasteiger partial charge in [0, 0.05) is 17.3 Å². The molecule has 0 spiro atoms. The summed E-state index contributed by atoms with van der Waals surface area (Å²) in [7, 11) is 0. The number of halogens is 1. The largest absolute Gasteiger partial charge is 0.492 e. The zero-order chi connectivity index (χ0) is 13.9. The summed E-state index contributed by atoms with van der Waals surface area (Å²) in [5, 5.41) is 4.09. The monoisotopic (exact) mass is 291 g/mol. The van der Waals surface area contributed by atoms with E-state index in [1.54, 1.807) is 0 Å². The standard InChI is InChI=1S/C15H18ClN3O/c1-2-20-15-6-3-11(16)7-14(15)18-9-13-8-17-10-19(13)12-4-5-12/h3,6-8,10,12,18H,2,4-5,9H2,1H3. The van der Waals surface area contributed by atoms with Crippen molar-refractivity contribution in [3.63, 3.8) is 0 Å². The molecule has 0 radical (unpaired) electrons. The van der Waals surface area contributed by atoms with Gasteiger partial charge in [0.05, 0.1) is 30.9 Å². The topological polar surface area (TPSA) is 39.1 Å². The summed E-state index contributed by atoms with van der Waals surface area (Å²) in [6.07, 6.45) is 6.34. The van der Waals surface area contributed by atoms with Crippen LogP contribution in [0.5, 0.6) is 5.75 Å². The molecule has 4 nitrogen and oxygen atoms in total. The molecular weight excluding hydrogens is 274 g/mol. The van der Waals surface area contributed by atoms with Crippen molar-refractivity contribution >= 4 is 17.3 Å². The third kappa shape index (κ3) is 2.90. The molecule has 0 unspecified atom stereocenters. The number of benzene rings is 1. The molecule has 0 aliphatic heterocycles. The van der Waals surface area contributed by atoms with E-state index in [-0.39, 0.29) is 0 Å². The van der Waals surface area contributed by atoms with Gasteiger partial charge < -0.3 is 14.6 Å². The van der Waals surface area contributed by atoms with Gasteiger partial charge in [0.15, 0.2) is 0 Å². The van der Waals surface area contributed by atoms with Crippen molar-refractivity contribution in [1.82, 2.24) is 9.55 Å². The summed E-state index contributed by atoms with van der Waals surface area (Å²) >= 11 is 6.06. The molecule has 1 aliphatic carbocycles. The van der Waals surface area contributed by atoms with Crippen LogP contribution in [0.4, 0.5) is 5.69 Å². The molecule has 2 aromatic rings. The van der Waals surface area contributed by atoms with Gasteiger partial charge in [-0.1, -0.05) is 11.6 Å². The normalized spacial score (nSPS) is 14.3. The fourth-order valence-corrected chi connectivity index (χ4v) is 2.43. The van der Waals surface area contributed by atoms with Crippen molar-refractivity contribution in [2.45, 2.75) is 32.4 Å². The summed E-state index contributed by atoms with van der Waals surface area (Å²) in [5.74, 6) is 0.828. The molecule has 0 amide bonds. The van der Waals surface area contributed by atoms with Crippen LogP contribution in [0, 0.1) is 0 Å². The molecule has 1 fully saturated rings. The number of rotatable bonds is 6. The average molecular weight is 292 g/mol. The van der Waals surface area contributed by atoms with Crippen LogP contribution in [0.3, 0.4) is 0 Å². The Kier molecular flexibility index (Phi) is 3.83. The van der Waals surface area contributed by atoms with E-state index in [1.165, 1.54) is 18.5 Å². The molecule has 5 heteroatoms. The van der Waals surface area contributed by atoms with Gasteiger partial charge in [0.25, 0.3) is 0 Å². The smallest absolute Gasteiger partial charge is 0.142 e. The average Bonchev–Trinajstić information content (AvgIpc) is 3.18. The molecule has 1 heterocycles. The third-order valence-corrected chi connectivity index (χ3v) is 3.62. The number of nitrogens with zero attached hydrogens (tertiary/aromatic N) is 2. The number of aromatic nitrogens is 2. The Labute approximate surface area is 123 Å². The summed E-state index contributed by atoms with van der Waals surface area (Å²) in [4.78, 5) is 4.24. The second-order valence-electron chi connectivity index (χ2n) is 4.95. The van der Waals surface area contributed by atoms with E-state index >= 15 is 0 Å². The lowest BCUT2D eigenvalue weighted by atomic mass is 10.3. The molecule has 1 N–H and O–H groups in total. The Morgan fingerprint density at radius 2 is 2.30 bits per heavy atom. The van der Waals surface area contributed by atoms with Crippen LogP contribution < -0.4 is 10.1 Å².